The molecule has 2 N–H and O–H groups in total. The molecule has 0 spiro atoms. The third-order valence-electron chi connectivity index (χ3n) is 6.75. The topological polar surface area (TPSA) is 75.4 Å². The molecule has 2 aliphatic rings. The average Bonchev–Trinajstić information content (AvgIpc) is 3.47. The van der Waals surface area contributed by atoms with Crippen LogP contribution in [0.1, 0.15) is 46.7 Å². The second-order valence-corrected chi connectivity index (χ2v) is 9.10. The smallest absolute Gasteiger partial charge is 0.369 e. The fourth-order valence-electron chi connectivity index (χ4n) is 5.09. The molecule has 1 atom stereocenters. The number of benzene rings is 2. The van der Waals surface area contributed by atoms with E-state index in [1.165, 1.54) is 0 Å². The average molecular weight is 482 g/mol. The molecule has 0 saturated carbocycles. The molecule has 35 heavy (non-hydrogen) atoms. The van der Waals surface area contributed by atoms with Crippen molar-refractivity contribution in [2.75, 3.05) is 22.9 Å². The number of hydrogen-bond donors (Lipinski definition) is 1. The Morgan fingerprint density at radius 2 is 1.66 bits per heavy atom. The van der Waals surface area contributed by atoms with E-state index in [1.807, 2.05) is 24.3 Å². The number of halogens is 3. The lowest BCUT2D eigenvalue weighted by atomic mass is 10.0. The molecule has 0 radical (unpaired) electrons. The molecule has 1 unspecified atom stereocenters. The summed E-state index contributed by atoms with van der Waals surface area (Å²) in [6.07, 6.45) is 0.0791. The number of carbonyl (C=O) groups is 1. The summed E-state index contributed by atoms with van der Waals surface area (Å²) in [5.74, 6) is 1.41. The number of rotatable bonds is 6. The number of primary amides is 1. The van der Waals surface area contributed by atoms with Crippen LogP contribution in [0.2, 0.25) is 0 Å². The molecule has 3 heterocycles. The summed E-state index contributed by atoms with van der Waals surface area (Å²) in [7, 11) is 0. The van der Waals surface area contributed by atoms with E-state index in [-0.39, 0.29) is 18.4 Å². The van der Waals surface area contributed by atoms with Crippen LogP contribution in [0.4, 0.5) is 24.8 Å². The number of carbonyl (C=O) groups excluding carboxylic acids is 1. The fraction of sp³-hybridized carbons (Fsp3) is 0.346. The lowest BCUT2D eigenvalue weighted by Gasteiger charge is -2.28. The van der Waals surface area contributed by atoms with Crippen molar-refractivity contribution in [3.05, 3.63) is 82.7 Å². The minimum Gasteiger partial charge on any atom is -0.369 e. The number of fused-ring (bicyclic) bond motifs is 1. The molecule has 2 aromatic carbocycles. The maximum atomic E-state index is 13.0. The van der Waals surface area contributed by atoms with Crippen molar-refractivity contribution in [2.24, 2.45) is 5.73 Å². The molecule has 1 amide bonds. The van der Waals surface area contributed by atoms with Gasteiger partial charge < -0.3 is 15.5 Å². The van der Waals surface area contributed by atoms with E-state index in [9.17, 15) is 18.0 Å². The van der Waals surface area contributed by atoms with Gasteiger partial charge in [0, 0.05) is 25.2 Å². The van der Waals surface area contributed by atoms with Gasteiger partial charge in [-0.3, -0.25) is 4.79 Å². The number of nitrogens with zero attached hydrogens (tertiary/aromatic N) is 4. The molecule has 1 aromatic heterocycles. The summed E-state index contributed by atoms with van der Waals surface area (Å²) in [6, 6.07) is 13.3. The zero-order valence-electron chi connectivity index (χ0n) is 19.1. The highest BCUT2D eigenvalue weighted by Crippen LogP contribution is 2.41. The van der Waals surface area contributed by atoms with Gasteiger partial charge in [-0.1, -0.05) is 36.4 Å². The molecular weight excluding hydrogens is 455 g/mol. The number of aromatic nitrogens is 2. The van der Waals surface area contributed by atoms with Gasteiger partial charge in [0.15, 0.2) is 0 Å². The van der Waals surface area contributed by atoms with E-state index in [2.05, 4.69) is 19.8 Å². The predicted molar refractivity (Wildman–Crippen MR) is 127 cm³/mol. The van der Waals surface area contributed by atoms with Crippen molar-refractivity contribution in [3.8, 4) is 0 Å². The van der Waals surface area contributed by atoms with Crippen LogP contribution >= 0.6 is 0 Å². The zero-order valence-corrected chi connectivity index (χ0v) is 19.1. The monoisotopic (exact) mass is 481 g/mol. The van der Waals surface area contributed by atoms with Gasteiger partial charge in [-0.2, -0.15) is 13.2 Å². The standard InChI is InChI=1S/C26H26F3N5O/c27-26(28,29)20-9-7-19(8-10-20)22-2-1-12-34(22)25-21-11-13-33(24(21)31-16-32-25)15-18-5-3-17(4-6-18)14-23(30)35/h3-10,16,22H,1-2,11-15H2,(H2,30,35). The van der Waals surface area contributed by atoms with Crippen molar-refractivity contribution in [3.63, 3.8) is 0 Å². The molecule has 0 aliphatic carbocycles. The molecule has 6 nitrogen and oxygen atoms in total. The number of nitrogens with two attached hydrogens (primary N) is 1. The highest BCUT2D eigenvalue weighted by Gasteiger charge is 2.34. The molecule has 182 valence electrons. The van der Waals surface area contributed by atoms with Crippen LogP contribution in [0.3, 0.4) is 0 Å². The van der Waals surface area contributed by atoms with Crippen LogP contribution in [-0.2, 0) is 30.4 Å². The van der Waals surface area contributed by atoms with Crippen LogP contribution in [-0.4, -0.2) is 29.0 Å². The molecule has 0 bridgehead atoms. The second kappa shape index (κ2) is 9.20. The summed E-state index contributed by atoms with van der Waals surface area (Å²) in [5, 5.41) is 0. The van der Waals surface area contributed by atoms with Crippen molar-refractivity contribution >= 4 is 17.5 Å². The quantitative estimate of drug-likeness (QED) is 0.564. The van der Waals surface area contributed by atoms with Crippen LogP contribution in [0, 0.1) is 0 Å². The van der Waals surface area contributed by atoms with E-state index in [0.29, 0.717) is 6.54 Å². The van der Waals surface area contributed by atoms with Crippen LogP contribution < -0.4 is 15.5 Å². The number of anilines is 2. The third-order valence-corrected chi connectivity index (χ3v) is 6.75. The van der Waals surface area contributed by atoms with Gasteiger partial charge in [0.2, 0.25) is 5.91 Å². The first kappa shape index (κ1) is 23.1. The Hall–Kier alpha value is -3.62. The maximum absolute atomic E-state index is 13.0. The number of amides is 1. The van der Waals surface area contributed by atoms with Gasteiger partial charge in [-0.05, 0) is 48.1 Å². The van der Waals surface area contributed by atoms with E-state index in [0.717, 1.165) is 78.4 Å². The summed E-state index contributed by atoms with van der Waals surface area (Å²) in [6.45, 7) is 2.29. The van der Waals surface area contributed by atoms with Crippen LogP contribution in [0.25, 0.3) is 0 Å². The first-order chi connectivity index (χ1) is 16.8. The van der Waals surface area contributed by atoms with E-state index >= 15 is 0 Å². The SMILES string of the molecule is NC(=O)Cc1ccc(CN2CCc3c2ncnc3N2CCCC2c2ccc(C(F)(F)F)cc2)cc1. The van der Waals surface area contributed by atoms with Gasteiger partial charge in [-0.25, -0.2) is 9.97 Å². The molecular formula is C26H26F3N5O. The molecule has 2 aliphatic heterocycles. The second-order valence-electron chi connectivity index (χ2n) is 9.10. The Morgan fingerprint density at radius 1 is 0.971 bits per heavy atom. The summed E-state index contributed by atoms with van der Waals surface area (Å²) in [4.78, 5) is 24.7. The minimum atomic E-state index is -4.34. The van der Waals surface area contributed by atoms with Gasteiger partial charge in [-0.15, -0.1) is 0 Å². The summed E-state index contributed by atoms with van der Waals surface area (Å²) < 4.78 is 39.0. The van der Waals surface area contributed by atoms with Crippen LogP contribution in [0.15, 0.2) is 54.9 Å². The fourth-order valence-corrected chi connectivity index (χ4v) is 5.09. The van der Waals surface area contributed by atoms with Gasteiger partial charge in [0.25, 0.3) is 0 Å². The first-order valence-electron chi connectivity index (χ1n) is 11.7. The highest BCUT2D eigenvalue weighted by atomic mass is 19.4. The van der Waals surface area contributed by atoms with Crippen molar-refractivity contribution in [2.45, 2.75) is 44.4 Å². The van der Waals surface area contributed by atoms with E-state index in [1.54, 1.807) is 18.5 Å². The van der Waals surface area contributed by atoms with Gasteiger partial charge >= 0.3 is 6.18 Å². The minimum absolute atomic E-state index is 0.0110. The zero-order chi connectivity index (χ0) is 24.6. The molecule has 5 rings (SSSR count). The van der Waals surface area contributed by atoms with E-state index < -0.39 is 11.7 Å². The van der Waals surface area contributed by atoms with Crippen molar-refractivity contribution in [1.82, 2.24) is 9.97 Å². The number of hydrogen-bond acceptors (Lipinski definition) is 5. The Balaban J connectivity index is 1.35. The predicted octanol–water partition coefficient (Wildman–Crippen LogP) is 4.43. The molecule has 9 heteroatoms. The van der Waals surface area contributed by atoms with E-state index in [4.69, 9.17) is 5.73 Å². The first-order valence-corrected chi connectivity index (χ1v) is 11.7. The summed E-state index contributed by atoms with van der Waals surface area (Å²) in [5.41, 5.74) is 8.58. The Kier molecular flexibility index (Phi) is 6.08. The Labute approximate surface area is 201 Å². The molecule has 1 fully saturated rings. The van der Waals surface area contributed by atoms with Gasteiger partial charge in [0.1, 0.15) is 18.0 Å². The van der Waals surface area contributed by atoms with Crippen LogP contribution in [0.5, 0.6) is 0 Å². The highest BCUT2D eigenvalue weighted by molar-refractivity contribution is 5.76. The lowest BCUT2D eigenvalue weighted by Crippen LogP contribution is -2.25. The summed E-state index contributed by atoms with van der Waals surface area (Å²) >= 11 is 0. The molecule has 1 saturated heterocycles. The normalized spacial score (nSPS) is 17.6. The maximum Gasteiger partial charge on any atom is 0.416 e. The third kappa shape index (κ3) is 4.80. The van der Waals surface area contributed by atoms with Crippen molar-refractivity contribution in [1.29, 1.82) is 0 Å². The van der Waals surface area contributed by atoms with Crippen molar-refractivity contribution < 1.29 is 18.0 Å². The lowest BCUT2D eigenvalue weighted by molar-refractivity contribution is -0.137. The largest absolute Gasteiger partial charge is 0.416 e. The molecule has 3 aromatic rings. The Morgan fingerprint density at radius 3 is 2.34 bits per heavy atom. The van der Waals surface area contributed by atoms with Gasteiger partial charge in [0.05, 0.1) is 18.0 Å². The Bertz CT molecular complexity index is 1210. The number of alkyl halides is 3.